The van der Waals surface area contributed by atoms with E-state index in [1.165, 1.54) is 29.5 Å². The Labute approximate surface area is 159 Å². The molecule has 0 heterocycles. The first-order valence-electron chi connectivity index (χ1n) is 8.75. The van der Waals surface area contributed by atoms with E-state index >= 15 is 0 Å². The number of hydrogen-bond donors (Lipinski definition) is 1. The lowest BCUT2D eigenvalue weighted by Gasteiger charge is -2.17. The van der Waals surface area contributed by atoms with Crippen molar-refractivity contribution in [3.05, 3.63) is 65.2 Å². The molecule has 0 aliphatic heterocycles. The number of hydrogen-bond acceptors (Lipinski definition) is 4. The zero-order valence-corrected chi connectivity index (χ0v) is 15.8. The van der Waals surface area contributed by atoms with Crippen molar-refractivity contribution in [3.63, 3.8) is 0 Å². The molecule has 6 nitrogen and oxygen atoms in total. The standard InChI is InChI=1S/C21H24N2O4/c1-4-16-5-7-17(8-6-16)13-23(3)20(25)14-27-21(26)18-9-11-19(12-10-18)22-15(2)24/h5-12H,4,13-14H2,1-3H3,(H,22,24). The first kappa shape index (κ1) is 20.2. The highest BCUT2D eigenvalue weighted by molar-refractivity contribution is 5.93. The molecule has 2 rings (SSSR count). The van der Waals surface area contributed by atoms with E-state index < -0.39 is 5.97 Å². The molecule has 142 valence electrons. The maximum absolute atomic E-state index is 12.2. The number of nitrogens with zero attached hydrogens (tertiary/aromatic N) is 1. The summed E-state index contributed by atoms with van der Waals surface area (Å²) >= 11 is 0. The Balaban J connectivity index is 1.84. The maximum Gasteiger partial charge on any atom is 0.338 e. The van der Waals surface area contributed by atoms with E-state index in [4.69, 9.17) is 4.74 Å². The minimum absolute atomic E-state index is 0.191. The second kappa shape index (κ2) is 9.52. The van der Waals surface area contributed by atoms with Crippen LogP contribution in [-0.4, -0.2) is 36.3 Å². The highest BCUT2D eigenvalue weighted by Gasteiger charge is 2.14. The predicted molar refractivity (Wildman–Crippen MR) is 103 cm³/mol. The van der Waals surface area contributed by atoms with E-state index in [0.717, 1.165) is 12.0 Å². The van der Waals surface area contributed by atoms with Crippen LogP contribution in [0, 0.1) is 0 Å². The minimum Gasteiger partial charge on any atom is -0.452 e. The molecule has 2 aromatic rings. The fourth-order valence-corrected chi connectivity index (χ4v) is 2.46. The Morgan fingerprint density at radius 2 is 1.56 bits per heavy atom. The fourth-order valence-electron chi connectivity index (χ4n) is 2.46. The molecule has 6 heteroatoms. The molecule has 0 aliphatic rings. The minimum atomic E-state index is -0.585. The zero-order valence-electron chi connectivity index (χ0n) is 15.8. The molecule has 0 aromatic heterocycles. The van der Waals surface area contributed by atoms with Crippen LogP contribution in [0.2, 0.25) is 0 Å². The van der Waals surface area contributed by atoms with Crippen molar-refractivity contribution in [1.82, 2.24) is 4.90 Å². The van der Waals surface area contributed by atoms with Crippen molar-refractivity contribution in [2.45, 2.75) is 26.8 Å². The van der Waals surface area contributed by atoms with Gasteiger partial charge in [-0.25, -0.2) is 4.79 Å². The third-order valence-corrected chi connectivity index (χ3v) is 4.04. The molecular formula is C21H24N2O4. The van der Waals surface area contributed by atoms with Crippen molar-refractivity contribution in [3.8, 4) is 0 Å². The van der Waals surface area contributed by atoms with Gasteiger partial charge in [0.15, 0.2) is 6.61 Å². The van der Waals surface area contributed by atoms with Gasteiger partial charge in [-0.15, -0.1) is 0 Å². The highest BCUT2D eigenvalue weighted by Crippen LogP contribution is 2.11. The number of amides is 2. The molecule has 0 unspecified atom stereocenters. The zero-order chi connectivity index (χ0) is 19.8. The summed E-state index contributed by atoms with van der Waals surface area (Å²) < 4.78 is 5.09. The quantitative estimate of drug-likeness (QED) is 0.762. The van der Waals surface area contributed by atoms with Crippen molar-refractivity contribution in [2.75, 3.05) is 19.0 Å². The van der Waals surface area contributed by atoms with Crippen LogP contribution in [-0.2, 0) is 27.3 Å². The number of aryl methyl sites for hydroxylation is 1. The van der Waals surface area contributed by atoms with E-state index in [9.17, 15) is 14.4 Å². The Bertz CT molecular complexity index is 798. The van der Waals surface area contributed by atoms with Crippen LogP contribution in [0.1, 0.15) is 35.3 Å². The first-order chi connectivity index (χ1) is 12.9. The number of esters is 1. The number of benzene rings is 2. The number of likely N-dealkylation sites (N-methyl/N-ethyl adjacent to an activating group) is 1. The second-order valence-electron chi connectivity index (χ2n) is 6.25. The molecule has 27 heavy (non-hydrogen) atoms. The summed E-state index contributed by atoms with van der Waals surface area (Å²) in [6.45, 7) is 3.62. The summed E-state index contributed by atoms with van der Waals surface area (Å²) in [5, 5.41) is 2.61. The van der Waals surface area contributed by atoms with Crippen molar-refractivity contribution >= 4 is 23.5 Å². The van der Waals surface area contributed by atoms with Crippen LogP contribution in [0.25, 0.3) is 0 Å². The molecule has 0 aliphatic carbocycles. The van der Waals surface area contributed by atoms with Gasteiger partial charge in [0.25, 0.3) is 5.91 Å². The maximum atomic E-state index is 12.2. The van der Waals surface area contributed by atoms with E-state index in [1.807, 2.05) is 24.3 Å². The van der Waals surface area contributed by atoms with Gasteiger partial charge < -0.3 is 15.0 Å². The van der Waals surface area contributed by atoms with E-state index in [2.05, 4.69) is 12.2 Å². The number of carbonyl (C=O) groups excluding carboxylic acids is 3. The third kappa shape index (κ3) is 6.26. The van der Waals surface area contributed by atoms with Gasteiger partial charge in [-0.1, -0.05) is 31.2 Å². The van der Waals surface area contributed by atoms with Crippen LogP contribution >= 0.6 is 0 Å². The molecule has 0 bridgehead atoms. The Kier molecular flexibility index (Phi) is 7.11. The molecule has 0 radical (unpaired) electrons. The molecule has 1 N–H and O–H groups in total. The van der Waals surface area contributed by atoms with Crippen molar-refractivity contribution in [2.24, 2.45) is 0 Å². The van der Waals surface area contributed by atoms with Crippen LogP contribution in [0.5, 0.6) is 0 Å². The van der Waals surface area contributed by atoms with Gasteiger partial charge >= 0.3 is 5.97 Å². The topological polar surface area (TPSA) is 75.7 Å². The molecular weight excluding hydrogens is 344 g/mol. The molecule has 0 saturated carbocycles. The number of ether oxygens (including phenoxy) is 1. The van der Waals surface area contributed by atoms with Crippen LogP contribution in [0.15, 0.2) is 48.5 Å². The fraction of sp³-hybridized carbons (Fsp3) is 0.286. The SMILES string of the molecule is CCc1ccc(CN(C)C(=O)COC(=O)c2ccc(NC(C)=O)cc2)cc1. The normalized spacial score (nSPS) is 10.2. The lowest BCUT2D eigenvalue weighted by molar-refractivity contribution is -0.133. The number of nitrogens with one attached hydrogen (secondary N) is 1. The summed E-state index contributed by atoms with van der Waals surface area (Å²) in [5.74, 6) is -1.06. The number of anilines is 1. The summed E-state index contributed by atoms with van der Waals surface area (Å²) in [7, 11) is 1.67. The van der Waals surface area contributed by atoms with Crippen molar-refractivity contribution in [1.29, 1.82) is 0 Å². The first-order valence-corrected chi connectivity index (χ1v) is 8.75. The summed E-state index contributed by atoms with van der Waals surface area (Å²) in [6, 6.07) is 14.3. The van der Waals surface area contributed by atoms with Crippen LogP contribution in [0.3, 0.4) is 0 Å². The second-order valence-corrected chi connectivity index (χ2v) is 6.25. The van der Waals surface area contributed by atoms with Crippen LogP contribution < -0.4 is 5.32 Å². The summed E-state index contributed by atoms with van der Waals surface area (Å²) in [6.07, 6.45) is 0.969. The molecule has 0 fully saturated rings. The molecule has 2 aromatic carbocycles. The Morgan fingerprint density at radius 3 is 2.11 bits per heavy atom. The summed E-state index contributed by atoms with van der Waals surface area (Å²) in [4.78, 5) is 36.7. The average Bonchev–Trinajstić information content (AvgIpc) is 2.66. The van der Waals surface area contributed by atoms with Gasteiger partial charge in [0.2, 0.25) is 5.91 Å². The van der Waals surface area contributed by atoms with Crippen molar-refractivity contribution < 1.29 is 19.1 Å². The van der Waals surface area contributed by atoms with Gasteiger partial charge in [0, 0.05) is 26.2 Å². The van der Waals surface area contributed by atoms with E-state index in [-0.39, 0.29) is 18.4 Å². The lowest BCUT2D eigenvalue weighted by Crippen LogP contribution is -2.30. The predicted octanol–water partition coefficient (Wildman–Crippen LogP) is 3.02. The summed E-state index contributed by atoms with van der Waals surface area (Å²) in [5.41, 5.74) is 3.16. The number of carbonyl (C=O) groups is 3. The smallest absolute Gasteiger partial charge is 0.338 e. The van der Waals surface area contributed by atoms with Gasteiger partial charge in [-0.05, 0) is 41.8 Å². The highest BCUT2D eigenvalue weighted by atomic mass is 16.5. The van der Waals surface area contributed by atoms with Gasteiger partial charge in [0.1, 0.15) is 0 Å². The number of rotatable bonds is 7. The Morgan fingerprint density at radius 1 is 0.963 bits per heavy atom. The molecule has 0 spiro atoms. The van der Waals surface area contributed by atoms with Gasteiger partial charge in [-0.2, -0.15) is 0 Å². The molecule has 2 amide bonds. The monoisotopic (exact) mass is 368 g/mol. The van der Waals surface area contributed by atoms with Gasteiger partial charge in [-0.3, -0.25) is 9.59 Å². The van der Waals surface area contributed by atoms with E-state index in [1.54, 1.807) is 19.2 Å². The average molecular weight is 368 g/mol. The Hall–Kier alpha value is -3.15. The molecule has 0 saturated heterocycles. The molecule has 0 atom stereocenters. The largest absolute Gasteiger partial charge is 0.452 e. The third-order valence-electron chi connectivity index (χ3n) is 4.04. The lowest BCUT2D eigenvalue weighted by atomic mass is 10.1. The van der Waals surface area contributed by atoms with E-state index in [0.29, 0.717) is 17.8 Å². The van der Waals surface area contributed by atoms with Gasteiger partial charge in [0.05, 0.1) is 5.56 Å². The van der Waals surface area contributed by atoms with Crippen LogP contribution in [0.4, 0.5) is 5.69 Å².